The zero-order valence-corrected chi connectivity index (χ0v) is 14.7. The minimum Gasteiger partial charge on any atom is -0.494 e. The standard InChI is InChI=1S/C16H24N2O4S/c1-4-22-15-7-6-14(12-13(15)2)16(19)17-8-5-9-18(11-10-17)23(3,20)21/h6-7,12H,4-5,8-11H2,1-3H3. The van der Waals surface area contributed by atoms with E-state index in [9.17, 15) is 13.2 Å². The quantitative estimate of drug-likeness (QED) is 0.833. The lowest BCUT2D eigenvalue weighted by atomic mass is 10.1. The molecule has 1 aliphatic heterocycles. The highest BCUT2D eigenvalue weighted by Gasteiger charge is 2.24. The molecular weight excluding hydrogens is 316 g/mol. The number of hydrogen-bond acceptors (Lipinski definition) is 4. The van der Waals surface area contributed by atoms with Crippen molar-refractivity contribution in [2.45, 2.75) is 20.3 Å². The Bertz CT molecular complexity index is 673. The fourth-order valence-electron chi connectivity index (χ4n) is 2.71. The van der Waals surface area contributed by atoms with Crippen molar-refractivity contribution in [3.63, 3.8) is 0 Å². The summed E-state index contributed by atoms with van der Waals surface area (Å²) in [6, 6.07) is 5.40. The molecule has 0 bridgehead atoms. The molecule has 23 heavy (non-hydrogen) atoms. The summed E-state index contributed by atoms with van der Waals surface area (Å²) in [6.07, 6.45) is 1.86. The molecule has 0 N–H and O–H groups in total. The lowest BCUT2D eigenvalue weighted by Gasteiger charge is -2.21. The molecule has 0 atom stereocenters. The average molecular weight is 340 g/mol. The van der Waals surface area contributed by atoms with E-state index in [-0.39, 0.29) is 5.91 Å². The number of nitrogens with zero attached hydrogens (tertiary/aromatic N) is 2. The van der Waals surface area contributed by atoms with Gasteiger partial charge in [-0.3, -0.25) is 4.79 Å². The molecule has 0 unspecified atom stereocenters. The number of benzene rings is 1. The van der Waals surface area contributed by atoms with E-state index in [1.165, 1.54) is 10.6 Å². The highest BCUT2D eigenvalue weighted by Crippen LogP contribution is 2.20. The van der Waals surface area contributed by atoms with Gasteiger partial charge in [0.05, 0.1) is 12.9 Å². The van der Waals surface area contributed by atoms with E-state index < -0.39 is 10.0 Å². The highest BCUT2D eigenvalue weighted by molar-refractivity contribution is 7.88. The predicted molar refractivity (Wildman–Crippen MR) is 89.3 cm³/mol. The number of aryl methyl sites for hydroxylation is 1. The Morgan fingerprint density at radius 2 is 1.96 bits per heavy atom. The van der Waals surface area contributed by atoms with Gasteiger partial charge in [0.15, 0.2) is 0 Å². The maximum Gasteiger partial charge on any atom is 0.253 e. The monoisotopic (exact) mass is 340 g/mol. The van der Waals surface area contributed by atoms with Crippen LogP contribution in [0.4, 0.5) is 0 Å². The van der Waals surface area contributed by atoms with Crippen LogP contribution in [0.3, 0.4) is 0 Å². The van der Waals surface area contributed by atoms with Gasteiger partial charge in [-0.2, -0.15) is 0 Å². The molecule has 0 aliphatic carbocycles. The molecule has 7 heteroatoms. The Balaban J connectivity index is 2.10. The number of carbonyl (C=O) groups is 1. The van der Waals surface area contributed by atoms with E-state index in [0.29, 0.717) is 44.8 Å². The van der Waals surface area contributed by atoms with Crippen molar-refractivity contribution >= 4 is 15.9 Å². The Labute approximate surface area is 138 Å². The first-order valence-corrected chi connectivity index (χ1v) is 9.65. The Kier molecular flexibility index (Phi) is 5.64. The average Bonchev–Trinajstić information content (AvgIpc) is 2.74. The second kappa shape index (κ2) is 7.31. The van der Waals surface area contributed by atoms with E-state index in [4.69, 9.17) is 4.74 Å². The molecule has 1 aromatic carbocycles. The largest absolute Gasteiger partial charge is 0.494 e. The second-order valence-electron chi connectivity index (χ2n) is 5.72. The van der Waals surface area contributed by atoms with Gasteiger partial charge in [0, 0.05) is 31.7 Å². The van der Waals surface area contributed by atoms with E-state index in [2.05, 4.69) is 0 Å². The van der Waals surface area contributed by atoms with Crippen molar-refractivity contribution in [2.75, 3.05) is 39.0 Å². The zero-order chi connectivity index (χ0) is 17.0. The molecule has 1 amide bonds. The third kappa shape index (κ3) is 4.45. The number of amides is 1. The van der Waals surface area contributed by atoms with E-state index in [0.717, 1.165) is 11.3 Å². The first-order chi connectivity index (χ1) is 10.8. The fourth-order valence-corrected chi connectivity index (χ4v) is 3.59. The molecule has 2 rings (SSSR count). The molecule has 0 radical (unpaired) electrons. The molecular formula is C16H24N2O4S. The fraction of sp³-hybridized carbons (Fsp3) is 0.562. The minimum atomic E-state index is -3.20. The topological polar surface area (TPSA) is 66.9 Å². The molecule has 0 aromatic heterocycles. The Morgan fingerprint density at radius 3 is 2.57 bits per heavy atom. The molecule has 1 saturated heterocycles. The summed E-state index contributed by atoms with van der Waals surface area (Å²) in [4.78, 5) is 14.4. The van der Waals surface area contributed by atoms with Gasteiger partial charge in [-0.15, -0.1) is 0 Å². The molecule has 0 spiro atoms. The summed E-state index contributed by atoms with van der Waals surface area (Å²) in [5.41, 5.74) is 1.53. The molecule has 1 heterocycles. The lowest BCUT2D eigenvalue weighted by molar-refractivity contribution is 0.0764. The lowest BCUT2D eigenvalue weighted by Crippen LogP contribution is -2.36. The van der Waals surface area contributed by atoms with Crippen molar-refractivity contribution in [2.24, 2.45) is 0 Å². The number of hydrogen-bond donors (Lipinski definition) is 0. The molecule has 1 aromatic rings. The van der Waals surface area contributed by atoms with Crippen LogP contribution in [0.15, 0.2) is 18.2 Å². The number of sulfonamides is 1. The van der Waals surface area contributed by atoms with Crippen LogP contribution in [0.25, 0.3) is 0 Å². The van der Waals surface area contributed by atoms with Crippen LogP contribution in [0.2, 0.25) is 0 Å². The van der Waals surface area contributed by atoms with Crippen LogP contribution in [-0.4, -0.2) is 62.6 Å². The molecule has 1 fully saturated rings. The van der Waals surface area contributed by atoms with Gasteiger partial charge in [0.25, 0.3) is 5.91 Å². The van der Waals surface area contributed by atoms with Gasteiger partial charge in [-0.05, 0) is 44.0 Å². The highest BCUT2D eigenvalue weighted by atomic mass is 32.2. The summed E-state index contributed by atoms with van der Waals surface area (Å²) >= 11 is 0. The smallest absolute Gasteiger partial charge is 0.253 e. The van der Waals surface area contributed by atoms with Crippen molar-refractivity contribution in [1.29, 1.82) is 0 Å². The maximum absolute atomic E-state index is 12.6. The zero-order valence-electron chi connectivity index (χ0n) is 13.9. The Hall–Kier alpha value is -1.60. The van der Waals surface area contributed by atoms with Crippen molar-refractivity contribution in [3.8, 4) is 5.75 Å². The Morgan fingerprint density at radius 1 is 1.22 bits per heavy atom. The first kappa shape index (κ1) is 17.7. The maximum atomic E-state index is 12.6. The molecule has 1 aliphatic rings. The van der Waals surface area contributed by atoms with Crippen LogP contribution in [0, 0.1) is 6.92 Å². The summed E-state index contributed by atoms with van der Waals surface area (Å²) < 4.78 is 30.2. The number of rotatable bonds is 4. The normalized spacial score (nSPS) is 16.9. The second-order valence-corrected chi connectivity index (χ2v) is 7.70. The number of ether oxygens (including phenoxy) is 1. The van der Waals surface area contributed by atoms with Crippen molar-refractivity contribution in [1.82, 2.24) is 9.21 Å². The summed E-state index contributed by atoms with van der Waals surface area (Å²) in [6.45, 7) is 6.21. The summed E-state index contributed by atoms with van der Waals surface area (Å²) in [5, 5.41) is 0. The molecule has 128 valence electrons. The summed E-state index contributed by atoms with van der Waals surface area (Å²) in [5.74, 6) is 0.717. The van der Waals surface area contributed by atoms with Crippen LogP contribution in [0.1, 0.15) is 29.3 Å². The van der Waals surface area contributed by atoms with Gasteiger partial charge in [-0.1, -0.05) is 0 Å². The van der Waals surface area contributed by atoms with Crippen LogP contribution < -0.4 is 4.74 Å². The number of carbonyl (C=O) groups excluding carboxylic acids is 1. The van der Waals surface area contributed by atoms with Crippen molar-refractivity contribution in [3.05, 3.63) is 29.3 Å². The third-order valence-corrected chi connectivity index (χ3v) is 5.24. The van der Waals surface area contributed by atoms with E-state index in [1.807, 2.05) is 26.0 Å². The van der Waals surface area contributed by atoms with Gasteiger partial charge < -0.3 is 9.64 Å². The van der Waals surface area contributed by atoms with Gasteiger partial charge in [-0.25, -0.2) is 12.7 Å². The van der Waals surface area contributed by atoms with E-state index in [1.54, 1.807) is 11.0 Å². The van der Waals surface area contributed by atoms with Crippen molar-refractivity contribution < 1.29 is 17.9 Å². The minimum absolute atomic E-state index is 0.0634. The van der Waals surface area contributed by atoms with Gasteiger partial charge >= 0.3 is 0 Å². The van der Waals surface area contributed by atoms with Gasteiger partial charge in [0.2, 0.25) is 10.0 Å². The third-order valence-electron chi connectivity index (χ3n) is 3.93. The molecule has 0 saturated carbocycles. The molecule has 6 nitrogen and oxygen atoms in total. The predicted octanol–water partition coefficient (Wildman–Crippen LogP) is 1.50. The SMILES string of the molecule is CCOc1ccc(C(=O)N2CCCN(S(C)(=O)=O)CC2)cc1C. The van der Waals surface area contributed by atoms with Crippen LogP contribution >= 0.6 is 0 Å². The van der Waals surface area contributed by atoms with Gasteiger partial charge in [0.1, 0.15) is 5.75 Å². The first-order valence-electron chi connectivity index (χ1n) is 7.80. The summed E-state index contributed by atoms with van der Waals surface area (Å²) in [7, 11) is -3.20. The van der Waals surface area contributed by atoms with Crippen LogP contribution in [-0.2, 0) is 10.0 Å². The van der Waals surface area contributed by atoms with Crippen LogP contribution in [0.5, 0.6) is 5.75 Å². The van der Waals surface area contributed by atoms with E-state index >= 15 is 0 Å².